The van der Waals surface area contributed by atoms with E-state index in [0.717, 1.165) is 24.0 Å². The molecule has 0 amide bonds. The highest BCUT2D eigenvalue weighted by Crippen LogP contribution is 2.53. The second kappa shape index (κ2) is 5.64. The van der Waals surface area contributed by atoms with Crippen LogP contribution in [-0.2, 0) is 10.0 Å². The lowest BCUT2D eigenvalue weighted by Crippen LogP contribution is -2.22. The van der Waals surface area contributed by atoms with Gasteiger partial charge >= 0.3 is 0 Å². The zero-order chi connectivity index (χ0) is 17.7. The van der Waals surface area contributed by atoms with Crippen molar-refractivity contribution in [2.45, 2.75) is 31.2 Å². The fourth-order valence-corrected chi connectivity index (χ4v) is 4.02. The van der Waals surface area contributed by atoms with E-state index in [1.807, 2.05) is 0 Å². The van der Waals surface area contributed by atoms with Crippen molar-refractivity contribution in [3.63, 3.8) is 0 Å². The van der Waals surface area contributed by atoms with Crippen LogP contribution in [0.5, 0.6) is 0 Å². The summed E-state index contributed by atoms with van der Waals surface area (Å²) in [6.45, 7) is 2.08. The number of rotatable bonds is 3. The zero-order valence-corrected chi connectivity index (χ0v) is 14.9. The first kappa shape index (κ1) is 16.2. The number of aromatic nitrogens is 1. The van der Waals surface area contributed by atoms with E-state index in [2.05, 4.69) is 48.3 Å². The van der Waals surface area contributed by atoms with Gasteiger partial charge in [0.2, 0.25) is 0 Å². The molecule has 2 N–H and O–H groups in total. The second-order valence-corrected chi connectivity index (χ2v) is 8.51. The van der Waals surface area contributed by atoms with Crippen LogP contribution in [0.15, 0.2) is 59.8 Å². The number of hydrogen-bond donors (Lipinski definition) is 1. The highest BCUT2D eigenvalue weighted by molar-refractivity contribution is 7.89. The van der Waals surface area contributed by atoms with Crippen LogP contribution in [0.1, 0.15) is 36.0 Å². The number of allylic oxidation sites excluding steroid dienone is 4. The molecule has 0 saturated heterocycles. The largest absolute Gasteiger partial charge is 0.255 e. The molecule has 2 aromatic rings. The highest BCUT2D eigenvalue weighted by Gasteiger charge is 2.38. The minimum atomic E-state index is -3.78. The van der Waals surface area contributed by atoms with Crippen LogP contribution in [0, 0.1) is 12.3 Å². The van der Waals surface area contributed by atoms with E-state index < -0.39 is 10.0 Å². The molecule has 4 nitrogen and oxygen atoms in total. The van der Waals surface area contributed by atoms with Crippen molar-refractivity contribution in [3.05, 3.63) is 71.4 Å². The Labute approximate surface area is 148 Å². The minimum Gasteiger partial charge on any atom is -0.243 e. The summed E-state index contributed by atoms with van der Waals surface area (Å²) in [5.74, 6) is 0. The molecular formula is C20H20N2O2S. The molecule has 0 atom stereocenters. The lowest BCUT2D eigenvalue weighted by molar-refractivity contribution is 0.282. The van der Waals surface area contributed by atoms with Crippen LogP contribution in [-0.4, -0.2) is 13.4 Å². The van der Waals surface area contributed by atoms with Crippen LogP contribution in [0.25, 0.3) is 11.1 Å². The van der Waals surface area contributed by atoms with E-state index in [-0.39, 0.29) is 10.4 Å². The molecule has 4 rings (SSSR count). The number of sulfonamides is 1. The Morgan fingerprint density at radius 3 is 2.04 bits per heavy atom. The van der Waals surface area contributed by atoms with Gasteiger partial charge in [0.1, 0.15) is 0 Å². The standard InChI is InChI=1S/C20H20N2O2S/c1-14-3-5-15(6-4-14)17-11-20(9-2-10-20)12-18(17)16-7-8-19(22-13-16)25(21,23)24/h3-8,11-13H,2,9-10H2,1H3,(H2,21,23,24). The molecule has 2 aliphatic rings. The fourth-order valence-electron chi connectivity index (χ4n) is 3.56. The quantitative estimate of drug-likeness (QED) is 0.915. The van der Waals surface area contributed by atoms with Gasteiger partial charge in [0.15, 0.2) is 5.03 Å². The first-order valence-electron chi connectivity index (χ1n) is 8.39. The van der Waals surface area contributed by atoms with Crippen molar-refractivity contribution in [2.24, 2.45) is 10.6 Å². The number of primary sulfonamides is 1. The maximum Gasteiger partial charge on any atom is 0.255 e. The topological polar surface area (TPSA) is 73.1 Å². The molecule has 5 heteroatoms. The summed E-state index contributed by atoms with van der Waals surface area (Å²) >= 11 is 0. The Kier molecular flexibility index (Phi) is 3.67. The van der Waals surface area contributed by atoms with E-state index in [9.17, 15) is 8.42 Å². The molecule has 1 saturated carbocycles. The van der Waals surface area contributed by atoms with Crippen LogP contribution < -0.4 is 5.14 Å². The summed E-state index contributed by atoms with van der Waals surface area (Å²) < 4.78 is 22.9. The van der Waals surface area contributed by atoms with E-state index in [1.54, 1.807) is 12.3 Å². The Balaban J connectivity index is 1.77. The molecule has 1 aromatic heterocycles. The highest BCUT2D eigenvalue weighted by atomic mass is 32.2. The van der Waals surface area contributed by atoms with E-state index in [1.165, 1.54) is 29.2 Å². The van der Waals surface area contributed by atoms with Crippen LogP contribution in [0.3, 0.4) is 0 Å². The second-order valence-electron chi connectivity index (χ2n) is 7.00. The summed E-state index contributed by atoms with van der Waals surface area (Å²) in [6.07, 6.45) is 9.85. The Bertz CT molecular complexity index is 981. The molecular weight excluding hydrogens is 332 g/mol. The summed E-state index contributed by atoms with van der Waals surface area (Å²) in [7, 11) is -3.78. The molecule has 0 radical (unpaired) electrons. The van der Waals surface area contributed by atoms with Crippen molar-refractivity contribution >= 4 is 21.2 Å². The third kappa shape index (κ3) is 2.94. The van der Waals surface area contributed by atoms with Crippen LogP contribution in [0.4, 0.5) is 0 Å². The predicted molar refractivity (Wildman–Crippen MR) is 99.0 cm³/mol. The van der Waals surface area contributed by atoms with Crippen molar-refractivity contribution in [1.82, 2.24) is 4.98 Å². The van der Waals surface area contributed by atoms with Gasteiger partial charge in [0, 0.05) is 17.2 Å². The lowest BCUT2D eigenvalue weighted by atomic mass is 9.70. The van der Waals surface area contributed by atoms with Gasteiger partial charge in [-0.1, -0.05) is 48.4 Å². The fraction of sp³-hybridized carbons (Fsp3) is 0.250. The third-order valence-corrected chi connectivity index (χ3v) is 5.96. The number of hydrogen-bond acceptors (Lipinski definition) is 3. The van der Waals surface area contributed by atoms with Crippen molar-refractivity contribution in [1.29, 1.82) is 0 Å². The minimum absolute atomic E-state index is 0.103. The Morgan fingerprint density at radius 2 is 1.56 bits per heavy atom. The number of pyridine rings is 1. The van der Waals surface area contributed by atoms with Gasteiger partial charge in [-0.25, -0.2) is 18.5 Å². The molecule has 0 aliphatic heterocycles. The Morgan fingerprint density at radius 1 is 0.960 bits per heavy atom. The first-order chi connectivity index (χ1) is 11.9. The SMILES string of the molecule is Cc1ccc(C2=CC3(C=C2c2ccc(S(N)(=O)=O)nc2)CCC3)cc1. The van der Waals surface area contributed by atoms with Gasteiger partial charge < -0.3 is 0 Å². The summed E-state index contributed by atoms with van der Waals surface area (Å²) in [5, 5.41) is 5.05. The summed E-state index contributed by atoms with van der Waals surface area (Å²) in [5.41, 5.74) is 5.79. The number of nitrogens with two attached hydrogens (primary N) is 1. The summed E-state index contributed by atoms with van der Waals surface area (Å²) in [4.78, 5) is 4.05. The van der Waals surface area contributed by atoms with Crippen LogP contribution in [0.2, 0.25) is 0 Å². The molecule has 128 valence electrons. The maximum atomic E-state index is 11.4. The smallest absolute Gasteiger partial charge is 0.243 e. The molecule has 2 aliphatic carbocycles. The predicted octanol–water partition coefficient (Wildman–Crippen LogP) is 3.69. The average Bonchev–Trinajstić information content (AvgIpc) is 2.96. The van der Waals surface area contributed by atoms with Crippen LogP contribution >= 0.6 is 0 Å². The van der Waals surface area contributed by atoms with Gasteiger partial charge in [0.25, 0.3) is 10.0 Å². The molecule has 0 bridgehead atoms. The van der Waals surface area contributed by atoms with Gasteiger partial charge in [-0.05, 0) is 48.6 Å². The van der Waals surface area contributed by atoms with Gasteiger partial charge in [-0.15, -0.1) is 0 Å². The average molecular weight is 352 g/mol. The van der Waals surface area contributed by atoms with E-state index in [0.29, 0.717) is 0 Å². The number of benzene rings is 1. The third-order valence-electron chi connectivity index (χ3n) is 5.14. The summed E-state index contributed by atoms with van der Waals surface area (Å²) in [6, 6.07) is 11.8. The van der Waals surface area contributed by atoms with Crippen molar-refractivity contribution in [2.75, 3.05) is 0 Å². The van der Waals surface area contributed by atoms with E-state index >= 15 is 0 Å². The van der Waals surface area contributed by atoms with E-state index in [4.69, 9.17) is 5.14 Å². The van der Waals surface area contributed by atoms with Gasteiger partial charge in [0.05, 0.1) is 0 Å². The molecule has 25 heavy (non-hydrogen) atoms. The van der Waals surface area contributed by atoms with Gasteiger partial charge in [-0.2, -0.15) is 0 Å². The van der Waals surface area contributed by atoms with Gasteiger partial charge in [-0.3, -0.25) is 0 Å². The zero-order valence-electron chi connectivity index (χ0n) is 14.1. The molecule has 0 unspecified atom stereocenters. The normalized spacial score (nSPS) is 18.6. The van der Waals surface area contributed by atoms with Crippen molar-refractivity contribution < 1.29 is 8.42 Å². The molecule has 1 fully saturated rings. The molecule has 1 heterocycles. The number of aryl methyl sites for hydroxylation is 1. The van der Waals surface area contributed by atoms with Crippen molar-refractivity contribution in [3.8, 4) is 0 Å². The molecule has 1 spiro atoms. The monoisotopic (exact) mass is 352 g/mol. The molecule has 1 aromatic carbocycles. The maximum absolute atomic E-state index is 11.4. The number of nitrogens with zero attached hydrogens (tertiary/aromatic N) is 1. The lowest BCUT2D eigenvalue weighted by Gasteiger charge is -2.34. The Hall–Kier alpha value is -2.24. The first-order valence-corrected chi connectivity index (χ1v) is 9.93.